The Balaban J connectivity index is 2.12. The number of furan rings is 1. The molecule has 19 heavy (non-hydrogen) atoms. The van der Waals surface area contributed by atoms with Gasteiger partial charge in [-0.15, -0.1) is 0 Å². The predicted molar refractivity (Wildman–Crippen MR) is 73.6 cm³/mol. The van der Waals surface area contributed by atoms with Gasteiger partial charge in [0, 0.05) is 12.4 Å². The SMILES string of the molecule is Cn1ncc(Cl)c1C(NN)c1cc2ccccc2o1. The van der Waals surface area contributed by atoms with Crippen LogP contribution in [0.1, 0.15) is 17.5 Å². The van der Waals surface area contributed by atoms with Crippen LogP contribution in [-0.4, -0.2) is 9.78 Å². The molecule has 0 spiro atoms. The Morgan fingerprint density at radius 1 is 1.42 bits per heavy atom. The first kappa shape index (κ1) is 12.2. The Hall–Kier alpha value is -1.82. The average molecular weight is 277 g/mol. The largest absolute Gasteiger partial charge is 0.459 e. The standard InChI is InChI=1S/C13H13ClN4O/c1-18-13(9(14)7-16-18)12(17-15)11-6-8-4-2-3-5-10(8)19-11/h2-7,12,17H,15H2,1H3. The van der Waals surface area contributed by atoms with Gasteiger partial charge in [-0.3, -0.25) is 10.5 Å². The van der Waals surface area contributed by atoms with Gasteiger partial charge in [0.25, 0.3) is 0 Å². The topological polar surface area (TPSA) is 69.0 Å². The number of nitrogens with one attached hydrogen (secondary N) is 1. The van der Waals surface area contributed by atoms with Crippen molar-refractivity contribution in [3.05, 3.63) is 53.0 Å². The van der Waals surface area contributed by atoms with Crippen LogP contribution < -0.4 is 11.3 Å². The second kappa shape index (κ2) is 4.70. The quantitative estimate of drug-likeness (QED) is 0.569. The summed E-state index contributed by atoms with van der Waals surface area (Å²) in [5.74, 6) is 6.35. The van der Waals surface area contributed by atoms with Gasteiger partial charge >= 0.3 is 0 Å². The summed E-state index contributed by atoms with van der Waals surface area (Å²) < 4.78 is 7.49. The van der Waals surface area contributed by atoms with Crippen LogP contribution >= 0.6 is 11.6 Å². The maximum Gasteiger partial charge on any atom is 0.134 e. The van der Waals surface area contributed by atoms with Crippen LogP contribution in [-0.2, 0) is 7.05 Å². The normalized spacial score (nSPS) is 13.0. The lowest BCUT2D eigenvalue weighted by atomic mass is 10.1. The van der Waals surface area contributed by atoms with E-state index in [1.54, 1.807) is 10.9 Å². The number of hydrogen-bond donors (Lipinski definition) is 2. The van der Waals surface area contributed by atoms with Crippen LogP contribution in [0.5, 0.6) is 0 Å². The number of aryl methyl sites for hydroxylation is 1. The Morgan fingerprint density at radius 3 is 2.84 bits per heavy atom. The van der Waals surface area contributed by atoms with Crippen molar-refractivity contribution >= 4 is 22.6 Å². The van der Waals surface area contributed by atoms with E-state index in [-0.39, 0.29) is 6.04 Å². The number of benzene rings is 1. The summed E-state index contributed by atoms with van der Waals surface area (Å²) in [5.41, 5.74) is 4.31. The molecule has 0 aliphatic rings. The number of hydrogen-bond acceptors (Lipinski definition) is 4. The number of hydrazine groups is 1. The second-order valence-electron chi connectivity index (χ2n) is 4.29. The Morgan fingerprint density at radius 2 is 2.21 bits per heavy atom. The van der Waals surface area contributed by atoms with Crippen molar-refractivity contribution in [1.82, 2.24) is 15.2 Å². The molecule has 98 valence electrons. The van der Waals surface area contributed by atoms with E-state index in [9.17, 15) is 0 Å². The summed E-state index contributed by atoms with van der Waals surface area (Å²) in [7, 11) is 1.81. The maximum atomic E-state index is 6.15. The molecule has 1 aromatic carbocycles. The van der Waals surface area contributed by atoms with E-state index in [1.807, 2.05) is 37.4 Å². The Bertz CT molecular complexity index is 666. The van der Waals surface area contributed by atoms with Gasteiger partial charge in [-0.25, -0.2) is 5.43 Å². The van der Waals surface area contributed by atoms with Gasteiger partial charge in [0.2, 0.25) is 0 Å². The lowest BCUT2D eigenvalue weighted by Crippen LogP contribution is -2.30. The summed E-state index contributed by atoms with van der Waals surface area (Å²) in [6, 6.07) is 9.40. The maximum absolute atomic E-state index is 6.15. The fourth-order valence-corrected chi connectivity index (χ4v) is 2.46. The molecular formula is C13H13ClN4O. The Labute approximate surface area is 114 Å². The third kappa shape index (κ3) is 2.02. The number of aromatic nitrogens is 2. The highest BCUT2D eigenvalue weighted by Crippen LogP contribution is 2.30. The smallest absolute Gasteiger partial charge is 0.134 e. The van der Waals surface area contributed by atoms with Crippen LogP contribution in [0.3, 0.4) is 0 Å². The van der Waals surface area contributed by atoms with Gasteiger partial charge in [0.05, 0.1) is 16.9 Å². The second-order valence-corrected chi connectivity index (χ2v) is 4.69. The van der Waals surface area contributed by atoms with Crippen molar-refractivity contribution in [1.29, 1.82) is 0 Å². The zero-order chi connectivity index (χ0) is 13.4. The predicted octanol–water partition coefficient (Wildman–Crippen LogP) is 2.37. The van der Waals surface area contributed by atoms with E-state index in [4.69, 9.17) is 21.9 Å². The lowest BCUT2D eigenvalue weighted by Gasteiger charge is -2.14. The minimum atomic E-state index is -0.340. The highest BCUT2D eigenvalue weighted by atomic mass is 35.5. The average Bonchev–Trinajstić information content (AvgIpc) is 2.97. The summed E-state index contributed by atoms with van der Waals surface area (Å²) >= 11 is 6.15. The zero-order valence-electron chi connectivity index (χ0n) is 10.3. The minimum absolute atomic E-state index is 0.340. The third-order valence-corrected chi connectivity index (χ3v) is 3.40. The molecule has 3 N–H and O–H groups in total. The van der Waals surface area contributed by atoms with E-state index in [0.717, 1.165) is 16.7 Å². The first-order valence-corrected chi connectivity index (χ1v) is 6.20. The summed E-state index contributed by atoms with van der Waals surface area (Å²) in [4.78, 5) is 0. The molecule has 3 aromatic rings. The highest BCUT2D eigenvalue weighted by molar-refractivity contribution is 6.31. The van der Waals surface area contributed by atoms with Gasteiger partial charge in [0.15, 0.2) is 0 Å². The number of nitrogens with two attached hydrogens (primary N) is 1. The van der Waals surface area contributed by atoms with E-state index in [1.165, 1.54) is 0 Å². The molecule has 1 unspecified atom stereocenters. The summed E-state index contributed by atoms with van der Waals surface area (Å²) in [6.07, 6.45) is 1.59. The molecule has 0 radical (unpaired) electrons. The monoisotopic (exact) mass is 276 g/mol. The molecule has 0 aliphatic carbocycles. The molecule has 0 fully saturated rings. The van der Waals surface area contributed by atoms with Crippen molar-refractivity contribution in [2.45, 2.75) is 6.04 Å². The number of halogens is 1. The molecule has 2 heterocycles. The van der Waals surface area contributed by atoms with Gasteiger partial charge in [0.1, 0.15) is 17.4 Å². The highest BCUT2D eigenvalue weighted by Gasteiger charge is 2.23. The molecule has 0 saturated carbocycles. The molecule has 0 amide bonds. The molecule has 6 heteroatoms. The minimum Gasteiger partial charge on any atom is -0.459 e. The molecule has 2 aromatic heterocycles. The van der Waals surface area contributed by atoms with Crippen LogP contribution in [0, 0.1) is 0 Å². The number of rotatable bonds is 3. The molecule has 1 atom stereocenters. The molecule has 5 nitrogen and oxygen atoms in total. The molecular weight excluding hydrogens is 264 g/mol. The van der Waals surface area contributed by atoms with E-state index in [2.05, 4.69) is 10.5 Å². The molecule has 0 aliphatic heterocycles. The fraction of sp³-hybridized carbons (Fsp3) is 0.154. The number of nitrogens with zero attached hydrogens (tertiary/aromatic N) is 2. The van der Waals surface area contributed by atoms with E-state index < -0.39 is 0 Å². The first-order valence-electron chi connectivity index (χ1n) is 5.82. The van der Waals surface area contributed by atoms with Gasteiger partial charge < -0.3 is 4.42 Å². The number of para-hydroxylation sites is 1. The van der Waals surface area contributed by atoms with Gasteiger partial charge in [-0.1, -0.05) is 29.8 Å². The van der Waals surface area contributed by atoms with Crippen molar-refractivity contribution in [2.24, 2.45) is 12.9 Å². The van der Waals surface area contributed by atoms with Crippen molar-refractivity contribution in [3.8, 4) is 0 Å². The van der Waals surface area contributed by atoms with Crippen molar-refractivity contribution in [3.63, 3.8) is 0 Å². The van der Waals surface area contributed by atoms with Crippen molar-refractivity contribution < 1.29 is 4.42 Å². The molecule has 0 saturated heterocycles. The Kier molecular flexibility index (Phi) is 3.02. The zero-order valence-corrected chi connectivity index (χ0v) is 11.1. The number of fused-ring (bicyclic) bond motifs is 1. The fourth-order valence-electron chi connectivity index (χ4n) is 2.19. The van der Waals surface area contributed by atoms with Gasteiger partial charge in [-0.05, 0) is 12.1 Å². The van der Waals surface area contributed by atoms with E-state index >= 15 is 0 Å². The lowest BCUT2D eigenvalue weighted by molar-refractivity contribution is 0.459. The summed E-state index contributed by atoms with van der Waals surface area (Å²) in [6.45, 7) is 0. The van der Waals surface area contributed by atoms with Gasteiger partial charge in [-0.2, -0.15) is 5.10 Å². The third-order valence-electron chi connectivity index (χ3n) is 3.11. The molecule has 0 bridgehead atoms. The summed E-state index contributed by atoms with van der Waals surface area (Å²) in [5, 5.41) is 5.68. The van der Waals surface area contributed by atoms with Crippen molar-refractivity contribution in [2.75, 3.05) is 0 Å². The van der Waals surface area contributed by atoms with Crippen LogP contribution in [0.25, 0.3) is 11.0 Å². The van der Waals surface area contributed by atoms with E-state index in [0.29, 0.717) is 10.8 Å². The van der Waals surface area contributed by atoms with Crippen LogP contribution in [0.4, 0.5) is 0 Å². The van der Waals surface area contributed by atoms with Crippen LogP contribution in [0.2, 0.25) is 5.02 Å². The molecule has 3 rings (SSSR count). The first-order chi connectivity index (χ1) is 9.20. The van der Waals surface area contributed by atoms with Crippen LogP contribution in [0.15, 0.2) is 40.9 Å².